The number of nitrogens with one attached hydrogen (secondary N) is 1. The van der Waals surface area contributed by atoms with E-state index in [1.165, 1.54) is 4.88 Å². The Labute approximate surface area is 115 Å². The van der Waals surface area contributed by atoms with Crippen molar-refractivity contribution in [2.24, 2.45) is 5.84 Å². The Hall–Kier alpha value is -1.82. The lowest BCUT2D eigenvalue weighted by atomic mass is 10.0. The molecule has 4 nitrogen and oxygen atoms in total. The molecule has 0 saturated carbocycles. The molecule has 5 heteroatoms. The number of benzene rings is 1. The van der Waals surface area contributed by atoms with E-state index < -0.39 is 0 Å². The molecule has 1 atom stereocenters. The smallest absolute Gasteiger partial charge is 0.0794 e. The molecule has 3 N–H and O–H groups in total. The summed E-state index contributed by atoms with van der Waals surface area (Å²) < 4.78 is 0. The van der Waals surface area contributed by atoms with E-state index in [-0.39, 0.29) is 6.04 Å². The lowest BCUT2D eigenvalue weighted by Gasteiger charge is -2.16. The van der Waals surface area contributed by atoms with E-state index in [2.05, 4.69) is 33.6 Å². The Balaban J connectivity index is 2.01. The second-order valence-corrected chi connectivity index (χ2v) is 5.28. The molecule has 0 fully saturated rings. The van der Waals surface area contributed by atoms with Crippen LogP contribution in [0.25, 0.3) is 10.9 Å². The van der Waals surface area contributed by atoms with Crippen LogP contribution < -0.4 is 11.3 Å². The fourth-order valence-electron chi connectivity index (χ4n) is 2.21. The average molecular weight is 270 g/mol. The van der Waals surface area contributed by atoms with Crippen LogP contribution in [0.5, 0.6) is 0 Å². The number of para-hydroxylation sites is 1. The molecule has 2 heterocycles. The van der Waals surface area contributed by atoms with Crippen LogP contribution in [0.4, 0.5) is 0 Å². The summed E-state index contributed by atoms with van der Waals surface area (Å²) in [6.07, 6.45) is 4.51. The normalized spacial score (nSPS) is 12.7. The van der Waals surface area contributed by atoms with Gasteiger partial charge in [-0.05, 0) is 11.6 Å². The third-order valence-corrected chi connectivity index (χ3v) is 3.93. The van der Waals surface area contributed by atoms with Gasteiger partial charge >= 0.3 is 0 Å². The predicted molar refractivity (Wildman–Crippen MR) is 77.6 cm³/mol. The fraction of sp³-hybridized carbons (Fsp3) is 0.143. The summed E-state index contributed by atoms with van der Waals surface area (Å²) in [4.78, 5) is 9.78. The number of rotatable bonds is 4. The van der Waals surface area contributed by atoms with Gasteiger partial charge < -0.3 is 0 Å². The molecule has 0 spiro atoms. The summed E-state index contributed by atoms with van der Waals surface area (Å²) in [5.74, 6) is 5.72. The minimum absolute atomic E-state index is 0.0408. The highest BCUT2D eigenvalue weighted by Crippen LogP contribution is 2.25. The van der Waals surface area contributed by atoms with Crippen molar-refractivity contribution >= 4 is 22.2 Å². The van der Waals surface area contributed by atoms with Crippen molar-refractivity contribution in [3.63, 3.8) is 0 Å². The number of nitrogens with two attached hydrogens (primary N) is 1. The quantitative estimate of drug-likeness (QED) is 0.564. The van der Waals surface area contributed by atoms with Gasteiger partial charge in [-0.3, -0.25) is 21.2 Å². The van der Waals surface area contributed by atoms with Crippen LogP contribution >= 0.6 is 11.3 Å². The molecule has 3 aromatic rings. The standard InChI is InChI=1S/C14H14N4S/c15-18-13(7-11-8-16-9-19-11)12-5-1-3-10-4-2-6-17-14(10)12/h1-6,8-9,13,18H,7,15H2. The van der Waals surface area contributed by atoms with Crippen molar-refractivity contribution < 1.29 is 0 Å². The molecule has 0 aliphatic carbocycles. The number of nitrogens with zero attached hydrogens (tertiary/aromatic N) is 2. The van der Waals surface area contributed by atoms with Gasteiger partial charge in [0.1, 0.15) is 0 Å². The highest BCUT2D eigenvalue weighted by Gasteiger charge is 2.14. The Morgan fingerprint density at radius 1 is 1.26 bits per heavy atom. The molecule has 2 aromatic heterocycles. The van der Waals surface area contributed by atoms with Crippen LogP contribution in [-0.4, -0.2) is 9.97 Å². The third kappa shape index (κ3) is 2.49. The fourth-order valence-corrected chi connectivity index (χ4v) is 2.85. The number of hydrazine groups is 1. The van der Waals surface area contributed by atoms with E-state index in [9.17, 15) is 0 Å². The molecular formula is C14H14N4S. The Morgan fingerprint density at radius 3 is 2.95 bits per heavy atom. The van der Waals surface area contributed by atoms with Gasteiger partial charge in [0.15, 0.2) is 0 Å². The van der Waals surface area contributed by atoms with E-state index in [0.29, 0.717) is 0 Å². The minimum atomic E-state index is 0.0408. The average Bonchev–Trinajstić information content (AvgIpc) is 2.97. The molecule has 3 rings (SSSR count). The maximum atomic E-state index is 5.72. The van der Waals surface area contributed by atoms with Crippen molar-refractivity contribution in [3.05, 3.63) is 58.7 Å². The summed E-state index contributed by atoms with van der Waals surface area (Å²) in [6.45, 7) is 0. The van der Waals surface area contributed by atoms with Gasteiger partial charge in [-0.2, -0.15) is 0 Å². The maximum Gasteiger partial charge on any atom is 0.0794 e. The van der Waals surface area contributed by atoms with Crippen molar-refractivity contribution in [1.82, 2.24) is 15.4 Å². The molecule has 0 radical (unpaired) electrons. The van der Waals surface area contributed by atoms with Gasteiger partial charge in [0.2, 0.25) is 0 Å². The van der Waals surface area contributed by atoms with Gasteiger partial charge in [0, 0.05) is 29.1 Å². The molecule has 0 amide bonds. The molecule has 1 unspecified atom stereocenters. The molecule has 19 heavy (non-hydrogen) atoms. The molecule has 0 saturated heterocycles. The largest absolute Gasteiger partial charge is 0.271 e. The van der Waals surface area contributed by atoms with Crippen LogP contribution in [0.1, 0.15) is 16.5 Å². The topological polar surface area (TPSA) is 63.8 Å². The summed E-state index contributed by atoms with van der Waals surface area (Å²) in [6, 6.07) is 10.2. The van der Waals surface area contributed by atoms with E-state index in [1.54, 1.807) is 11.3 Å². The molecule has 0 aliphatic rings. The Bertz CT molecular complexity index is 661. The first-order valence-electron chi connectivity index (χ1n) is 6.05. The van der Waals surface area contributed by atoms with Crippen LogP contribution in [0, 0.1) is 0 Å². The summed E-state index contributed by atoms with van der Waals surface area (Å²) >= 11 is 1.64. The van der Waals surface area contributed by atoms with Crippen LogP contribution in [0.15, 0.2) is 48.2 Å². The van der Waals surface area contributed by atoms with Gasteiger partial charge in [0.25, 0.3) is 0 Å². The minimum Gasteiger partial charge on any atom is -0.271 e. The summed E-state index contributed by atoms with van der Waals surface area (Å²) in [5.41, 5.74) is 6.84. The van der Waals surface area contributed by atoms with Crippen LogP contribution in [0.3, 0.4) is 0 Å². The van der Waals surface area contributed by atoms with E-state index in [0.717, 1.165) is 22.9 Å². The third-order valence-electron chi connectivity index (χ3n) is 3.13. The van der Waals surface area contributed by atoms with Crippen molar-refractivity contribution in [2.75, 3.05) is 0 Å². The molecule has 96 valence electrons. The SMILES string of the molecule is NNC(Cc1cncs1)c1cccc2cccnc12. The zero-order chi connectivity index (χ0) is 13.1. The van der Waals surface area contributed by atoms with Crippen LogP contribution in [0.2, 0.25) is 0 Å². The Kier molecular flexibility index (Phi) is 3.50. The molecule has 0 aliphatic heterocycles. The van der Waals surface area contributed by atoms with Gasteiger partial charge in [-0.1, -0.05) is 24.3 Å². The van der Waals surface area contributed by atoms with Gasteiger partial charge in [-0.25, -0.2) is 0 Å². The first-order valence-corrected chi connectivity index (χ1v) is 6.93. The first-order chi connectivity index (χ1) is 9.38. The number of pyridine rings is 1. The Morgan fingerprint density at radius 2 is 2.16 bits per heavy atom. The maximum absolute atomic E-state index is 5.72. The zero-order valence-corrected chi connectivity index (χ0v) is 11.1. The number of fused-ring (bicyclic) bond motifs is 1. The highest BCUT2D eigenvalue weighted by molar-refractivity contribution is 7.09. The highest BCUT2D eigenvalue weighted by atomic mass is 32.1. The zero-order valence-electron chi connectivity index (χ0n) is 10.3. The lowest BCUT2D eigenvalue weighted by molar-refractivity contribution is 0.558. The molecule has 1 aromatic carbocycles. The van der Waals surface area contributed by atoms with Crippen molar-refractivity contribution in [2.45, 2.75) is 12.5 Å². The lowest BCUT2D eigenvalue weighted by Crippen LogP contribution is -2.29. The van der Waals surface area contributed by atoms with E-state index in [4.69, 9.17) is 5.84 Å². The second kappa shape index (κ2) is 5.44. The van der Waals surface area contributed by atoms with E-state index >= 15 is 0 Å². The number of aromatic nitrogens is 2. The summed E-state index contributed by atoms with van der Waals surface area (Å²) in [7, 11) is 0. The first kappa shape index (κ1) is 12.2. The number of thiazole rings is 1. The van der Waals surface area contributed by atoms with Crippen molar-refractivity contribution in [1.29, 1.82) is 0 Å². The van der Waals surface area contributed by atoms with Gasteiger partial charge in [-0.15, -0.1) is 11.3 Å². The van der Waals surface area contributed by atoms with Crippen LogP contribution in [-0.2, 0) is 6.42 Å². The number of hydrogen-bond donors (Lipinski definition) is 2. The monoisotopic (exact) mass is 270 g/mol. The molecular weight excluding hydrogens is 256 g/mol. The summed E-state index contributed by atoms with van der Waals surface area (Å²) in [5, 5.41) is 1.13. The number of hydrogen-bond acceptors (Lipinski definition) is 5. The predicted octanol–water partition coefficient (Wildman–Crippen LogP) is 2.44. The van der Waals surface area contributed by atoms with Crippen molar-refractivity contribution in [3.8, 4) is 0 Å². The van der Waals surface area contributed by atoms with Gasteiger partial charge in [0.05, 0.1) is 17.1 Å². The molecule has 0 bridgehead atoms. The van der Waals surface area contributed by atoms with E-state index in [1.807, 2.05) is 30.0 Å². The second-order valence-electron chi connectivity index (χ2n) is 4.31.